The topological polar surface area (TPSA) is 133 Å². The van der Waals surface area contributed by atoms with Crippen LogP contribution < -0.4 is 5.73 Å². The Morgan fingerprint density at radius 2 is 1.65 bits per heavy atom. The van der Waals surface area contributed by atoms with Crippen LogP contribution in [0.3, 0.4) is 0 Å². The van der Waals surface area contributed by atoms with Gasteiger partial charge >= 0.3 is 11.9 Å². The van der Waals surface area contributed by atoms with Crippen LogP contribution in [0.5, 0.6) is 0 Å². The number of benzene rings is 1. The number of nitrogens with one attached hydrogen (secondary N) is 1. The molecule has 0 atom stereocenters. The van der Waals surface area contributed by atoms with Gasteiger partial charge in [0.25, 0.3) is 5.91 Å². The van der Waals surface area contributed by atoms with Crippen LogP contribution in [0, 0.1) is 0 Å². The summed E-state index contributed by atoms with van der Waals surface area (Å²) in [5.74, 6) is -2.91. The maximum absolute atomic E-state index is 10.9. The fraction of sp³-hybridized carbons (Fsp3) is 0. The molecule has 0 saturated carbocycles. The van der Waals surface area contributed by atoms with E-state index >= 15 is 0 Å². The minimum Gasteiger partial charge on any atom is -0.478 e. The average Bonchev–Trinajstić information content (AvgIpc) is 2.84. The molecule has 1 heterocycles. The summed E-state index contributed by atoms with van der Waals surface area (Å²) in [5.41, 5.74) is 6.53. The molecule has 2 rings (SSSR count). The fourth-order valence-electron chi connectivity index (χ4n) is 1.43. The predicted octanol–water partition coefficient (Wildman–Crippen LogP) is 0.979. The second-order valence-corrected chi connectivity index (χ2v) is 3.62. The van der Waals surface area contributed by atoms with E-state index in [2.05, 4.69) is 4.98 Å². The van der Waals surface area contributed by atoms with Crippen molar-refractivity contribution >= 4 is 28.7 Å². The van der Waals surface area contributed by atoms with Gasteiger partial charge in [-0.2, -0.15) is 0 Å². The number of nitrogens with two attached hydrogens (primary N) is 1. The van der Waals surface area contributed by atoms with Crippen LogP contribution in [0.4, 0.5) is 0 Å². The monoisotopic (exact) mass is 276 g/mol. The van der Waals surface area contributed by atoms with Crippen molar-refractivity contribution in [3.8, 4) is 0 Å². The third-order valence-corrected chi connectivity index (χ3v) is 2.22. The van der Waals surface area contributed by atoms with E-state index < -0.39 is 17.8 Å². The summed E-state index contributed by atoms with van der Waals surface area (Å²) in [7, 11) is 0. The lowest BCUT2D eigenvalue weighted by Gasteiger charge is -1.96. The number of carbonyl (C=O) groups excluding carboxylic acids is 1. The molecule has 20 heavy (non-hydrogen) atoms. The number of hydrogen-bond acceptors (Lipinski definition) is 3. The standard InChI is InChI=1S/C9H8N2O.C4H4O4/c10-9(12)7-3-1-2-6-4-5-11-8(6)7;5-3(6)1-2-4(7)8/h1-5,11H,(H2,10,12);1-2H,(H,5,6)(H,7,8). The molecule has 2 aromatic rings. The zero-order valence-electron chi connectivity index (χ0n) is 10.2. The molecular weight excluding hydrogens is 264 g/mol. The van der Waals surface area contributed by atoms with E-state index in [1.165, 1.54) is 0 Å². The molecule has 1 aromatic heterocycles. The van der Waals surface area contributed by atoms with Crippen molar-refractivity contribution in [2.75, 3.05) is 0 Å². The van der Waals surface area contributed by atoms with E-state index in [9.17, 15) is 14.4 Å². The Morgan fingerprint density at radius 1 is 1.05 bits per heavy atom. The maximum atomic E-state index is 10.9. The molecule has 7 nitrogen and oxygen atoms in total. The van der Waals surface area contributed by atoms with Gasteiger partial charge in [0.1, 0.15) is 0 Å². The Kier molecular flexibility index (Phi) is 5.04. The Hall–Kier alpha value is -3.09. The van der Waals surface area contributed by atoms with Gasteiger partial charge in [-0.25, -0.2) is 9.59 Å². The van der Waals surface area contributed by atoms with Gasteiger partial charge in [0.15, 0.2) is 0 Å². The molecule has 0 spiro atoms. The molecule has 1 amide bonds. The summed E-state index contributed by atoms with van der Waals surface area (Å²) in [6, 6.07) is 7.36. The van der Waals surface area contributed by atoms with Gasteiger partial charge < -0.3 is 20.9 Å². The number of carbonyl (C=O) groups is 3. The van der Waals surface area contributed by atoms with Gasteiger partial charge in [-0.3, -0.25) is 4.79 Å². The molecule has 7 heteroatoms. The molecule has 5 N–H and O–H groups in total. The smallest absolute Gasteiger partial charge is 0.328 e. The van der Waals surface area contributed by atoms with Crippen LogP contribution in [-0.4, -0.2) is 33.0 Å². The number of amides is 1. The van der Waals surface area contributed by atoms with E-state index in [0.717, 1.165) is 10.9 Å². The van der Waals surface area contributed by atoms with Crippen LogP contribution >= 0.6 is 0 Å². The number of aromatic amines is 1. The zero-order valence-corrected chi connectivity index (χ0v) is 10.2. The second-order valence-electron chi connectivity index (χ2n) is 3.62. The van der Waals surface area contributed by atoms with Crippen molar-refractivity contribution in [1.29, 1.82) is 0 Å². The molecule has 1 aromatic carbocycles. The van der Waals surface area contributed by atoms with Crippen LogP contribution in [-0.2, 0) is 9.59 Å². The molecule has 0 radical (unpaired) electrons. The Labute approximate surface area is 113 Å². The highest BCUT2D eigenvalue weighted by molar-refractivity contribution is 6.04. The Bertz CT molecular complexity index is 656. The molecule has 0 saturated heterocycles. The van der Waals surface area contributed by atoms with Crippen molar-refractivity contribution in [3.63, 3.8) is 0 Å². The van der Waals surface area contributed by atoms with E-state index in [4.69, 9.17) is 15.9 Å². The van der Waals surface area contributed by atoms with Crippen LogP contribution in [0.25, 0.3) is 10.9 Å². The van der Waals surface area contributed by atoms with Gasteiger partial charge in [-0.05, 0) is 12.1 Å². The van der Waals surface area contributed by atoms with Gasteiger partial charge in [-0.15, -0.1) is 0 Å². The van der Waals surface area contributed by atoms with E-state index in [1.54, 1.807) is 12.3 Å². The molecule has 0 fully saturated rings. The van der Waals surface area contributed by atoms with Crippen molar-refractivity contribution in [2.45, 2.75) is 0 Å². The number of primary amides is 1. The van der Waals surface area contributed by atoms with Crippen molar-refractivity contribution < 1.29 is 24.6 Å². The zero-order chi connectivity index (χ0) is 15.1. The lowest BCUT2D eigenvalue weighted by atomic mass is 10.1. The van der Waals surface area contributed by atoms with Crippen molar-refractivity contribution in [1.82, 2.24) is 4.98 Å². The molecule has 0 bridgehead atoms. The fourth-order valence-corrected chi connectivity index (χ4v) is 1.43. The summed E-state index contributed by atoms with van der Waals surface area (Å²) in [5, 5.41) is 16.6. The minimum absolute atomic E-state index is 0.400. The normalized spacial score (nSPS) is 10.0. The lowest BCUT2D eigenvalue weighted by Crippen LogP contribution is -2.11. The number of fused-ring (bicyclic) bond motifs is 1. The van der Waals surface area contributed by atoms with Crippen LogP contribution in [0.2, 0.25) is 0 Å². The molecule has 0 aliphatic rings. The van der Waals surface area contributed by atoms with Crippen LogP contribution in [0.15, 0.2) is 42.6 Å². The SMILES string of the molecule is NC(=O)c1cccc2cc[nH]c12.O=C(O)C=CC(=O)O. The van der Waals surface area contributed by atoms with Gasteiger partial charge in [0.05, 0.1) is 11.1 Å². The third kappa shape index (κ3) is 4.30. The minimum atomic E-state index is -1.26. The lowest BCUT2D eigenvalue weighted by molar-refractivity contribution is -0.134. The summed E-state index contributed by atoms with van der Waals surface area (Å²) in [6.45, 7) is 0. The first-order chi connectivity index (χ1) is 9.41. The number of hydrogen-bond donors (Lipinski definition) is 4. The van der Waals surface area contributed by atoms with E-state index in [1.807, 2.05) is 18.2 Å². The number of carboxylic acid groups (broad SMARTS) is 2. The van der Waals surface area contributed by atoms with Crippen LogP contribution in [0.1, 0.15) is 10.4 Å². The second kappa shape index (κ2) is 6.74. The average molecular weight is 276 g/mol. The quantitative estimate of drug-likeness (QED) is 0.620. The Balaban J connectivity index is 0.000000221. The first-order valence-electron chi connectivity index (χ1n) is 5.41. The first kappa shape index (κ1) is 15.0. The largest absolute Gasteiger partial charge is 0.478 e. The van der Waals surface area contributed by atoms with E-state index in [0.29, 0.717) is 17.7 Å². The highest BCUT2D eigenvalue weighted by atomic mass is 16.4. The number of aliphatic carboxylic acids is 2. The molecule has 104 valence electrons. The molecule has 0 unspecified atom stereocenters. The number of carboxylic acids is 2. The van der Waals surface area contributed by atoms with Gasteiger partial charge in [0.2, 0.25) is 0 Å². The summed E-state index contributed by atoms with van der Waals surface area (Å²) >= 11 is 0. The summed E-state index contributed by atoms with van der Waals surface area (Å²) in [4.78, 5) is 33.0. The maximum Gasteiger partial charge on any atom is 0.328 e. The van der Waals surface area contributed by atoms with Crippen molar-refractivity contribution in [3.05, 3.63) is 48.2 Å². The van der Waals surface area contributed by atoms with Gasteiger partial charge in [-0.1, -0.05) is 12.1 Å². The molecule has 0 aliphatic heterocycles. The third-order valence-electron chi connectivity index (χ3n) is 2.22. The van der Waals surface area contributed by atoms with E-state index in [-0.39, 0.29) is 0 Å². The molecule has 0 aliphatic carbocycles. The predicted molar refractivity (Wildman–Crippen MR) is 71.2 cm³/mol. The molecular formula is C13H12N2O5. The van der Waals surface area contributed by atoms with Crippen molar-refractivity contribution in [2.24, 2.45) is 5.73 Å². The highest BCUT2D eigenvalue weighted by Gasteiger charge is 2.05. The first-order valence-corrected chi connectivity index (χ1v) is 5.41. The summed E-state index contributed by atoms with van der Waals surface area (Å²) in [6.07, 6.45) is 2.90. The highest BCUT2D eigenvalue weighted by Crippen LogP contribution is 2.15. The number of rotatable bonds is 3. The number of H-pyrrole nitrogens is 1. The number of para-hydroxylation sites is 1. The summed E-state index contributed by atoms with van der Waals surface area (Å²) < 4.78 is 0. The number of aromatic nitrogens is 1. The Morgan fingerprint density at radius 3 is 2.15 bits per heavy atom. The van der Waals surface area contributed by atoms with Gasteiger partial charge in [0, 0.05) is 23.7 Å².